The predicted molar refractivity (Wildman–Crippen MR) is 63.7 cm³/mol. The highest BCUT2D eigenvalue weighted by atomic mass is 35.5. The molecule has 1 heterocycles. The molecule has 0 bridgehead atoms. The van der Waals surface area contributed by atoms with Crippen molar-refractivity contribution in [2.45, 2.75) is 13.3 Å². The summed E-state index contributed by atoms with van der Waals surface area (Å²) in [6.45, 7) is 1.99. The van der Waals surface area contributed by atoms with E-state index in [2.05, 4.69) is 10.2 Å². The Labute approximate surface area is 98.2 Å². The Morgan fingerprint density at radius 2 is 2.07 bits per heavy atom. The van der Waals surface area contributed by atoms with Gasteiger partial charge < -0.3 is 0 Å². The number of halogens is 2. The monoisotopic (exact) mass is 240 g/mol. The van der Waals surface area contributed by atoms with Crippen LogP contribution in [0.3, 0.4) is 0 Å². The van der Waals surface area contributed by atoms with Crippen LogP contribution in [0.5, 0.6) is 0 Å². The average Bonchev–Trinajstić information content (AvgIpc) is 2.23. The van der Waals surface area contributed by atoms with Gasteiger partial charge in [0.15, 0.2) is 0 Å². The standard InChI is InChI=1S/C11H10Cl2N2/c1-7-3-2-4-8-10(13)9(5-6-12)14-15-11(7)8/h2-4H,5-6H2,1H3. The second-order valence-electron chi connectivity index (χ2n) is 3.37. The zero-order valence-corrected chi connectivity index (χ0v) is 9.81. The van der Waals surface area contributed by atoms with Gasteiger partial charge in [-0.1, -0.05) is 29.8 Å². The van der Waals surface area contributed by atoms with Crippen LogP contribution in [-0.2, 0) is 6.42 Å². The first-order chi connectivity index (χ1) is 7.24. The molecular formula is C11H10Cl2N2. The van der Waals surface area contributed by atoms with E-state index in [-0.39, 0.29) is 0 Å². The number of hydrogen-bond donors (Lipinski definition) is 0. The maximum atomic E-state index is 6.23. The van der Waals surface area contributed by atoms with E-state index in [9.17, 15) is 0 Å². The van der Waals surface area contributed by atoms with Crippen molar-refractivity contribution in [3.05, 3.63) is 34.5 Å². The highest BCUT2D eigenvalue weighted by molar-refractivity contribution is 6.36. The lowest BCUT2D eigenvalue weighted by atomic mass is 10.1. The molecule has 0 amide bonds. The van der Waals surface area contributed by atoms with Gasteiger partial charge in [0.25, 0.3) is 0 Å². The Morgan fingerprint density at radius 1 is 1.27 bits per heavy atom. The minimum absolute atomic E-state index is 0.506. The van der Waals surface area contributed by atoms with Gasteiger partial charge in [0.05, 0.1) is 16.2 Å². The summed E-state index contributed by atoms with van der Waals surface area (Å²) >= 11 is 11.9. The Morgan fingerprint density at radius 3 is 2.80 bits per heavy atom. The normalized spacial score (nSPS) is 10.9. The third-order valence-corrected chi connectivity index (χ3v) is 2.94. The topological polar surface area (TPSA) is 25.8 Å². The fourth-order valence-corrected chi connectivity index (χ4v) is 1.99. The lowest BCUT2D eigenvalue weighted by Crippen LogP contribution is -1.97. The van der Waals surface area contributed by atoms with Gasteiger partial charge in [-0.25, -0.2) is 0 Å². The quantitative estimate of drug-likeness (QED) is 0.753. The second-order valence-corrected chi connectivity index (χ2v) is 4.13. The summed E-state index contributed by atoms with van der Waals surface area (Å²) in [4.78, 5) is 0. The van der Waals surface area contributed by atoms with E-state index in [1.54, 1.807) is 0 Å². The Kier molecular flexibility index (Phi) is 3.08. The molecule has 78 valence electrons. The summed E-state index contributed by atoms with van der Waals surface area (Å²) in [5, 5.41) is 9.88. The molecule has 0 saturated heterocycles. The molecule has 0 aliphatic carbocycles. The Balaban J connectivity index is 2.68. The number of fused-ring (bicyclic) bond motifs is 1. The molecule has 0 unspecified atom stereocenters. The van der Waals surface area contributed by atoms with Gasteiger partial charge in [0, 0.05) is 17.7 Å². The van der Waals surface area contributed by atoms with Crippen molar-refractivity contribution in [3.63, 3.8) is 0 Å². The minimum atomic E-state index is 0.506. The summed E-state index contributed by atoms with van der Waals surface area (Å²) in [6.07, 6.45) is 0.650. The van der Waals surface area contributed by atoms with E-state index in [0.29, 0.717) is 17.3 Å². The molecule has 0 aliphatic rings. The first-order valence-corrected chi connectivity index (χ1v) is 5.61. The highest BCUT2D eigenvalue weighted by Gasteiger charge is 2.08. The average molecular weight is 241 g/mol. The van der Waals surface area contributed by atoms with Gasteiger partial charge in [0.1, 0.15) is 0 Å². The molecule has 0 fully saturated rings. The van der Waals surface area contributed by atoms with Crippen molar-refractivity contribution in [3.8, 4) is 0 Å². The van der Waals surface area contributed by atoms with Crippen LogP contribution >= 0.6 is 23.2 Å². The summed E-state index contributed by atoms with van der Waals surface area (Å²) < 4.78 is 0. The SMILES string of the molecule is Cc1cccc2c(Cl)c(CCCl)nnc12. The fourth-order valence-electron chi connectivity index (χ4n) is 1.53. The van der Waals surface area contributed by atoms with Crippen LogP contribution < -0.4 is 0 Å². The fraction of sp³-hybridized carbons (Fsp3) is 0.273. The van der Waals surface area contributed by atoms with E-state index in [0.717, 1.165) is 22.2 Å². The molecule has 0 atom stereocenters. The zero-order chi connectivity index (χ0) is 10.8. The molecule has 1 aromatic carbocycles. The number of alkyl halides is 1. The molecule has 0 spiro atoms. The van der Waals surface area contributed by atoms with Gasteiger partial charge in [-0.3, -0.25) is 0 Å². The maximum Gasteiger partial charge on any atom is 0.0973 e. The van der Waals surface area contributed by atoms with Gasteiger partial charge in [-0.05, 0) is 12.5 Å². The Hall–Kier alpha value is -0.860. The van der Waals surface area contributed by atoms with Gasteiger partial charge in [-0.15, -0.1) is 16.7 Å². The predicted octanol–water partition coefficient (Wildman–Crippen LogP) is 3.37. The molecule has 4 heteroatoms. The van der Waals surface area contributed by atoms with Crippen LogP contribution in [0.1, 0.15) is 11.3 Å². The summed E-state index contributed by atoms with van der Waals surface area (Å²) in [5.41, 5.74) is 2.71. The number of hydrogen-bond acceptors (Lipinski definition) is 2. The largest absolute Gasteiger partial charge is 0.153 e. The van der Waals surface area contributed by atoms with Gasteiger partial charge in [-0.2, -0.15) is 5.10 Å². The van der Waals surface area contributed by atoms with Crippen molar-refractivity contribution >= 4 is 34.1 Å². The minimum Gasteiger partial charge on any atom is -0.153 e. The van der Waals surface area contributed by atoms with Gasteiger partial charge in [0.2, 0.25) is 0 Å². The molecule has 0 saturated carbocycles. The second kappa shape index (κ2) is 4.33. The van der Waals surface area contributed by atoms with Crippen LogP contribution in [0.4, 0.5) is 0 Å². The van der Waals surface area contributed by atoms with E-state index in [1.807, 2.05) is 25.1 Å². The maximum absolute atomic E-state index is 6.23. The first-order valence-electron chi connectivity index (χ1n) is 4.70. The van der Waals surface area contributed by atoms with Crippen LogP contribution in [0, 0.1) is 6.92 Å². The number of aromatic nitrogens is 2. The molecule has 15 heavy (non-hydrogen) atoms. The van der Waals surface area contributed by atoms with Crippen molar-refractivity contribution in [2.24, 2.45) is 0 Å². The molecule has 0 aliphatic heterocycles. The van der Waals surface area contributed by atoms with Crippen LogP contribution in [0.2, 0.25) is 5.02 Å². The molecule has 2 rings (SSSR count). The summed E-state index contributed by atoms with van der Waals surface area (Å²) in [6, 6.07) is 5.92. The van der Waals surface area contributed by atoms with Gasteiger partial charge >= 0.3 is 0 Å². The van der Waals surface area contributed by atoms with Crippen molar-refractivity contribution in [1.82, 2.24) is 10.2 Å². The summed E-state index contributed by atoms with van der Waals surface area (Å²) in [5.74, 6) is 0.506. The summed E-state index contributed by atoms with van der Waals surface area (Å²) in [7, 11) is 0. The van der Waals surface area contributed by atoms with Crippen LogP contribution in [0.25, 0.3) is 10.9 Å². The number of rotatable bonds is 2. The molecule has 2 aromatic rings. The lowest BCUT2D eigenvalue weighted by molar-refractivity contribution is 0.946. The van der Waals surface area contributed by atoms with E-state index in [4.69, 9.17) is 23.2 Å². The Bertz CT molecular complexity index is 497. The third kappa shape index (κ3) is 1.92. The van der Waals surface area contributed by atoms with Crippen molar-refractivity contribution in [2.75, 3.05) is 5.88 Å². The number of aryl methyl sites for hydroxylation is 2. The van der Waals surface area contributed by atoms with Crippen LogP contribution in [0.15, 0.2) is 18.2 Å². The van der Waals surface area contributed by atoms with E-state index < -0.39 is 0 Å². The first kappa shape index (κ1) is 10.7. The van der Waals surface area contributed by atoms with E-state index >= 15 is 0 Å². The molecule has 1 aromatic heterocycles. The van der Waals surface area contributed by atoms with Crippen LogP contribution in [-0.4, -0.2) is 16.1 Å². The molecular weight excluding hydrogens is 231 g/mol. The highest BCUT2D eigenvalue weighted by Crippen LogP contribution is 2.26. The lowest BCUT2D eigenvalue weighted by Gasteiger charge is -2.05. The molecule has 0 radical (unpaired) electrons. The number of benzene rings is 1. The number of nitrogens with zero attached hydrogens (tertiary/aromatic N) is 2. The molecule has 0 N–H and O–H groups in total. The van der Waals surface area contributed by atoms with E-state index in [1.165, 1.54) is 0 Å². The van der Waals surface area contributed by atoms with Crippen molar-refractivity contribution < 1.29 is 0 Å². The van der Waals surface area contributed by atoms with Crippen molar-refractivity contribution in [1.29, 1.82) is 0 Å². The smallest absolute Gasteiger partial charge is 0.0973 e. The molecule has 2 nitrogen and oxygen atoms in total. The third-order valence-electron chi connectivity index (χ3n) is 2.33. The zero-order valence-electron chi connectivity index (χ0n) is 8.30.